The van der Waals surface area contributed by atoms with Crippen LogP contribution < -0.4 is 24.4 Å². The van der Waals surface area contributed by atoms with Crippen molar-refractivity contribution in [3.63, 3.8) is 0 Å². The van der Waals surface area contributed by atoms with Crippen LogP contribution in [0.3, 0.4) is 0 Å². The second kappa shape index (κ2) is 8.75. The third-order valence-corrected chi connectivity index (χ3v) is 3.71. The molecule has 0 spiro atoms. The standard InChI is InChI=1S/C19H22N2O5/c1-13(22)21(15-6-5-7-16(11-15)24-2)12-19(23)20-14-8-9-17(25-3)18(10-14)26-4/h5-11H,12H2,1-4H3,(H,20,23). The summed E-state index contributed by atoms with van der Waals surface area (Å²) in [5, 5.41) is 2.75. The van der Waals surface area contributed by atoms with E-state index in [1.165, 1.54) is 26.0 Å². The van der Waals surface area contributed by atoms with Crippen molar-refractivity contribution in [2.45, 2.75) is 6.92 Å². The zero-order valence-corrected chi connectivity index (χ0v) is 15.2. The molecule has 26 heavy (non-hydrogen) atoms. The third-order valence-electron chi connectivity index (χ3n) is 3.71. The number of methoxy groups -OCH3 is 3. The molecule has 1 N–H and O–H groups in total. The first-order valence-electron chi connectivity index (χ1n) is 7.92. The number of amides is 2. The van der Waals surface area contributed by atoms with Gasteiger partial charge in [-0.3, -0.25) is 9.59 Å². The first-order valence-corrected chi connectivity index (χ1v) is 7.92. The number of anilines is 2. The highest BCUT2D eigenvalue weighted by atomic mass is 16.5. The highest BCUT2D eigenvalue weighted by Crippen LogP contribution is 2.29. The Morgan fingerprint density at radius 1 is 0.962 bits per heavy atom. The minimum absolute atomic E-state index is 0.128. The van der Waals surface area contributed by atoms with Crippen LogP contribution in [0.2, 0.25) is 0 Å². The zero-order chi connectivity index (χ0) is 19.1. The molecule has 2 amide bonds. The topological polar surface area (TPSA) is 77.1 Å². The van der Waals surface area contributed by atoms with Gasteiger partial charge in [-0.15, -0.1) is 0 Å². The Hall–Kier alpha value is -3.22. The number of nitrogens with one attached hydrogen (secondary N) is 1. The lowest BCUT2D eigenvalue weighted by molar-refractivity contribution is -0.120. The monoisotopic (exact) mass is 358 g/mol. The van der Waals surface area contributed by atoms with Crippen molar-refractivity contribution in [2.75, 3.05) is 38.1 Å². The summed E-state index contributed by atoms with van der Waals surface area (Å²) in [5.41, 5.74) is 1.13. The first-order chi connectivity index (χ1) is 12.5. The van der Waals surface area contributed by atoms with Gasteiger partial charge in [0.1, 0.15) is 12.3 Å². The number of hydrogen-bond donors (Lipinski definition) is 1. The number of hydrogen-bond acceptors (Lipinski definition) is 5. The molecule has 0 aromatic heterocycles. The molecule has 2 aromatic rings. The molecular weight excluding hydrogens is 336 g/mol. The Balaban J connectivity index is 2.14. The second-order valence-corrected chi connectivity index (χ2v) is 5.42. The van der Waals surface area contributed by atoms with E-state index in [0.29, 0.717) is 28.6 Å². The maximum Gasteiger partial charge on any atom is 0.244 e. The van der Waals surface area contributed by atoms with Crippen molar-refractivity contribution in [3.8, 4) is 17.2 Å². The summed E-state index contributed by atoms with van der Waals surface area (Å²) in [6, 6.07) is 12.0. The quantitative estimate of drug-likeness (QED) is 0.823. The summed E-state index contributed by atoms with van der Waals surface area (Å²) in [6.07, 6.45) is 0. The van der Waals surface area contributed by atoms with Gasteiger partial charge in [-0.25, -0.2) is 0 Å². The number of carbonyl (C=O) groups is 2. The molecule has 2 aromatic carbocycles. The lowest BCUT2D eigenvalue weighted by Gasteiger charge is -2.21. The smallest absolute Gasteiger partial charge is 0.244 e. The Morgan fingerprint density at radius 2 is 1.69 bits per heavy atom. The first kappa shape index (κ1) is 19.1. The lowest BCUT2D eigenvalue weighted by atomic mass is 10.2. The third kappa shape index (κ3) is 4.66. The summed E-state index contributed by atoms with van der Waals surface area (Å²) >= 11 is 0. The molecule has 0 heterocycles. The summed E-state index contributed by atoms with van der Waals surface area (Å²) in [4.78, 5) is 25.8. The van der Waals surface area contributed by atoms with E-state index < -0.39 is 0 Å². The summed E-state index contributed by atoms with van der Waals surface area (Å²) < 4.78 is 15.6. The van der Waals surface area contributed by atoms with Crippen LogP contribution >= 0.6 is 0 Å². The highest BCUT2D eigenvalue weighted by molar-refractivity contribution is 6.02. The Morgan fingerprint density at radius 3 is 2.31 bits per heavy atom. The van der Waals surface area contributed by atoms with E-state index in [1.807, 2.05) is 0 Å². The van der Waals surface area contributed by atoms with E-state index in [1.54, 1.807) is 49.6 Å². The van der Waals surface area contributed by atoms with Gasteiger partial charge in [-0.2, -0.15) is 0 Å². The fourth-order valence-corrected chi connectivity index (χ4v) is 2.42. The number of carbonyl (C=O) groups excluding carboxylic acids is 2. The summed E-state index contributed by atoms with van der Waals surface area (Å²) in [5.74, 6) is 1.08. The second-order valence-electron chi connectivity index (χ2n) is 5.42. The van der Waals surface area contributed by atoms with Crippen molar-refractivity contribution in [2.24, 2.45) is 0 Å². The van der Waals surface area contributed by atoms with Crippen LogP contribution in [-0.2, 0) is 9.59 Å². The summed E-state index contributed by atoms with van der Waals surface area (Å²) in [7, 11) is 4.60. The minimum Gasteiger partial charge on any atom is -0.497 e. The SMILES string of the molecule is COc1cccc(N(CC(=O)Nc2ccc(OC)c(OC)c2)C(C)=O)c1. The largest absolute Gasteiger partial charge is 0.497 e. The molecule has 0 aliphatic rings. The number of benzene rings is 2. The molecule has 0 aliphatic heterocycles. The fraction of sp³-hybridized carbons (Fsp3) is 0.263. The van der Waals surface area contributed by atoms with E-state index in [9.17, 15) is 9.59 Å². The molecule has 7 nitrogen and oxygen atoms in total. The number of ether oxygens (including phenoxy) is 3. The van der Waals surface area contributed by atoms with Gasteiger partial charge < -0.3 is 24.4 Å². The molecule has 0 saturated carbocycles. The minimum atomic E-state index is -0.338. The van der Waals surface area contributed by atoms with Crippen LogP contribution in [0.4, 0.5) is 11.4 Å². The van der Waals surface area contributed by atoms with Gasteiger partial charge in [0.2, 0.25) is 11.8 Å². The van der Waals surface area contributed by atoms with Gasteiger partial charge in [0.05, 0.1) is 21.3 Å². The predicted molar refractivity (Wildman–Crippen MR) is 99.2 cm³/mol. The van der Waals surface area contributed by atoms with Crippen molar-refractivity contribution >= 4 is 23.2 Å². The van der Waals surface area contributed by atoms with Crippen molar-refractivity contribution in [3.05, 3.63) is 42.5 Å². The molecule has 0 fully saturated rings. The van der Waals surface area contributed by atoms with E-state index in [2.05, 4.69) is 5.32 Å². The van der Waals surface area contributed by atoms with Crippen molar-refractivity contribution in [1.82, 2.24) is 0 Å². The van der Waals surface area contributed by atoms with Crippen LogP contribution in [0.5, 0.6) is 17.2 Å². The van der Waals surface area contributed by atoms with Crippen LogP contribution in [0.15, 0.2) is 42.5 Å². The maximum atomic E-state index is 12.4. The zero-order valence-electron chi connectivity index (χ0n) is 15.2. The normalized spacial score (nSPS) is 10.0. The van der Waals surface area contributed by atoms with Gasteiger partial charge in [-0.05, 0) is 24.3 Å². The highest BCUT2D eigenvalue weighted by Gasteiger charge is 2.17. The number of nitrogens with zero attached hydrogens (tertiary/aromatic N) is 1. The van der Waals surface area contributed by atoms with E-state index in [0.717, 1.165) is 0 Å². The Kier molecular flexibility index (Phi) is 6.43. The van der Waals surface area contributed by atoms with Gasteiger partial charge >= 0.3 is 0 Å². The van der Waals surface area contributed by atoms with Crippen LogP contribution in [0, 0.1) is 0 Å². The molecule has 138 valence electrons. The fourth-order valence-electron chi connectivity index (χ4n) is 2.42. The lowest BCUT2D eigenvalue weighted by Crippen LogP contribution is -2.36. The molecular formula is C19H22N2O5. The summed E-state index contributed by atoms with van der Waals surface area (Å²) in [6.45, 7) is 1.28. The van der Waals surface area contributed by atoms with Gasteiger partial charge in [0, 0.05) is 30.4 Å². The van der Waals surface area contributed by atoms with Crippen LogP contribution in [0.25, 0.3) is 0 Å². The van der Waals surface area contributed by atoms with E-state index >= 15 is 0 Å². The van der Waals surface area contributed by atoms with E-state index in [4.69, 9.17) is 14.2 Å². The Labute approximate surface area is 152 Å². The molecule has 7 heteroatoms. The average molecular weight is 358 g/mol. The molecule has 0 radical (unpaired) electrons. The molecule has 0 saturated heterocycles. The van der Waals surface area contributed by atoms with Crippen molar-refractivity contribution < 1.29 is 23.8 Å². The molecule has 0 atom stereocenters. The van der Waals surface area contributed by atoms with Gasteiger partial charge in [0.15, 0.2) is 11.5 Å². The predicted octanol–water partition coefficient (Wildman–Crippen LogP) is 2.70. The molecule has 2 rings (SSSR count). The van der Waals surface area contributed by atoms with Crippen molar-refractivity contribution in [1.29, 1.82) is 0 Å². The molecule has 0 aliphatic carbocycles. The van der Waals surface area contributed by atoms with Gasteiger partial charge in [-0.1, -0.05) is 6.07 Å². The van der Waals surface area contributed by atoms with Crippen LogP contribution in [0.1, 0.15) is 6.92 Å². The van der Waals surface area contributed by atoms with E-state index in [-0.39, 0.29) is 18.4 Å². The molecule has 0 bridgehead atoms. The maximum absolute atomic E-state index is 12.4. The van der Waals surface area contributed by atoms with Gasteiger partial charge in [0.25, 0.3) is 0 Å². The molecule has 0 unspecified atom stereocenters. The average Bonchev–Trinajstić information content (AvgIpc) is 2.65. The Bertz CT molecular complexity index is 791. The van der Waals surface area contributed by atoms with Crippen LogP contribution in [-0.4, -0.2) is 39.7 Å². The number of rotatable bonds is 7.